The van der Waals surface area contributed by atoms with Crippen molar-refractivity contribution in [2.45, 2.75) is 12.8 Å². The first-order chi connectivity index (χ1) is 10.2. The summed E-state index contributed by atoms with van der Waals surface area (Å²) in [4.78, 5) is 15.3. The predicted octanol–water partition coefficient (Wildman–Crippen LogP) is 3.48. The van der Waals surface area contributed by atoms with E-state index in [-0.39, 0.29) is 17.6 Å². The minimum absolute atomic E-state index is 0.216. The summed E-state index contributed by atoms with van der Waals surface area (Å²) in [6, 6.07) is 0. The molecule has 0 aromatic rings. The monoisotopic (exact) mass is 300 g/mol. The SMILES string of the molecule is COC1=CCC2C(=C1)C(=O)C1=C2SC2=CC(OC)=CCC21. The third-order valence-electron chi connectivity index (χ3n) is 4.55. The Hall–Kier alpha value is -1.68. The number of rotatable bonds is 2. The maximum atomic E-state index is 12.8. The quantitative estimate of drug-likeness (QED) is 0.782. The summed E-state index contributed by atoms with van der Waals surface area (Å²) >= 11 is 1.77. The Morgan fingerprint density at radius 2 is 1.71 bits per heavy atom. The summed E-state index contributed by atoms with van der Waals surface area (Å²) in [6.45, 7) is 0. The number of methoxy groups -OCH3 is 2. The average molecular weight is 300 g/mol. The Morgan fingerprint density at radius 1 is 1.05 bits per heavy atom. The minimum Gasteiger partial charge on any atom is -0.497 e. The van der Waals surface area contributed by atoms with Crippen LogP contribution in [0.3, 0.4) is 0 Å². The van der Waals surface area contributed by atoms with Crippen LogP contribution >= 0.6 is 11.8 Å². The molecule has 0 bridgehead atoms. The Labute approximate surface area is 128 Å². The molecule has 3 aliphatic carbocycles. The molecule has 0 fully saturated rings. The summed E-state index contributed by atoms with van der Waals surface area (Å²) in [7, 11) is 3.34. The normalized spacial score (nSPS) is 29.9. The molecule has 0 N–H and O–H groups in total. The Balaban J connectivity index is 1.69. The van der Waals surface area contributed by atoms with Gasteiger partial charge in [-0.25, -0.2) is 0 Å². The number of Topliss-reactive ketones (excluding diaryl/α,β-unsaturated/α-hetero) is 1. The number of carbonyl (C=O) groups excluding carboxylic acids is 1. The highest BCUT2D eigenvalue weighted by Gasteiger charge is 2.47. The fourth-order valence-electron chi connectivity index (χ4n) is 3.48. The van der Waals surface area contributed by atoms with E-state index in [1.165, 1.54) is 9.81 Å². The van der Waals surface area contributed by atoms with Gasteiger partial charge in [0.2, 0.25) is 0 Å². The fourth-order valence-corrected chi connectivity index (χ4v) is 4.97. The van der Waals surface area contributed by atoms with Gasteiger partial charge in [0.1, 0.15) is 11.5 Å². The zero-order chi connectivity index (χ0) is 14.6. The van der Waals surface area contributed by atoms with Crippen LogP contribution in [0.4, 0.5) is 0 Å². The maximum Gasteiger partial charge on any atom is 0.187 e. The van der Waals surface area contributed by atoms with Crippen molar-refractivity contribution in [2.75, 3.05) is 14.2 Å². The van der Waals surface area contributed by atoms with Crippen molar-refractivity contribution in [1.29, 1.82) is 0 Å². The van der Waals surface area contributed by atoms with Crippen LogP contribution in [0.1, 0.15) is 12.8 Å². The van der Waals surface area contributed by atoms with Crippen LogP contribution in [0, 0.1) is 11.8 Å². The zero-order valence-corrected chi connectivity index (χ0v) is 12.8. The highest BCUT2D eigenvalue weighted by molar-refractivity contribution is 8.07. The summed E-state index contributed by atoms with van der Waals surface area (Å²) in [5.41, 5.74) is 1.92. The topological polar surface area (TPSA) is 35.5 Å². The first kappa shape index (κ1) is 13.0. The second kappa shape index (κ2) is 4.67. The van der Waals surface area contributed by atoms with Crippen molar-refractivity contribution in [3.8, 4) is 0 Å². The minimum atomic E-state index is 0.216. The highest BCUT2D eigenvalue weighted by atomic mass is 32.2. The third-order valence-corrected chi connectivity index (χ3v) is 5.91. The molecule has 0 saturated carbocycles. The maximum absolute atomic E-state index is 12.8. The van der Waals surface area contributed by atoms with Crippen molar-refractivity contribution in [3.05, 3.63) is 56.8 Å². The lowest BCUT2D eigenvalue weighted by atomic mass is 9.89. The molecular weight excluding hydrogens is 284 g/mol. The molecule has 108 valence electrons. The molecule has 0 aromatic heterocycles. The van der Waals surface area contributed by atoms with Crippen molar-refractivity contribution in [3.63, 3.8) is 0 Å². The van der Waals surface area contributed by atoms with Gasteiger partial charge in [-0.2, -0.15) is 0 Å². The predicted molar refractivity (Wildman–Crippen MR) is 82.2 cm³/mol. The molecule has 2 atom stereocenters. The smallest absolute Gasteiger partial charge is 0.187 e. The molecule has 1 heterocycles. The molecule has 0 amide bonds. The largest absolute Gasteiger partial charge is 0.497 e. The van der Waals surface area contributed by atoms with Gasteiger partial charge >= 0.3 is 0 Å². The van der Waals surface area contributed by atoms with E-state index in [0.717, 1.165) is 35.5 Å². The van der Waals surface area contributed by atoms with Crippen molar-refractivity contribution >= 4 is 17.5 Å². The van der Waals surface area contributed by atoms with Gasteiger partial charge in [-0.15, -0.1) is 0 Å². The lowest BCUT2D eigenvalue weighted by Crippen LogP contribution is -2.15. The Bertz CT molecular complexity index is 691. The molecule has 4 aliphatic rings. The summed E-state index contributed by atoms with van der Waals surface area (Å²) in [5.74, 6) is 2.39. The summed E-state index contributed by atoms with van der Waals surface area (Å²) < 4.78 is 10.6. The molecule has 0 radical (unpaired) electrons. The van der Waals surface area contributed by atoms with Gasteiger partial charge in [0.25, 0.3) is 0 Å². The highest BCUT2D eigenvalue weighted by Crippen LogP contribution is 2.58. The van der Waals surface area contributed by atoms with E-state index >= 15 is 0 Å². The van der Waals surface area contributed by atoms with Gasteiger partial charge in [-0.05, 0) is 37.1 Å². The van der Waals surface area contributed by atoms with Crippen LogP contribution in [0.2, 0.25) is 0 Å². The van der Waals surface area contributed by atoms with E-state index < -0.39 is 0 Å². The Morgan fingerprint density at radius 3 is 2.43 bits per heavy atom. The molecule has 0 spiro atoms. The van der Waals surface area contributed by atoms with Crippen LogP contribution in [-0.4, -0.2) is 20.0 Å². The molecule has 2 unspecified atom stereocenters. The van der Waals surface area contributed by atoms with Crippen molar-refractivity contribution in [1.82, 2.24) is 0 Å². The number of carbonyl (C=O) groups is 1. The van der Waals surface area contributed by atoms with Gasteiger partial charge in [0.15, 0.2) is 5.78 Å². The van der Waals surface area contributed by atoms with Gasteiger partial charge in [-0.3, -0.25) is 4.79 Å². The van der Waals surface area contributed by atoms with Gasteiger partial charge < -0.3 is 9.47 Å². The van der Waals surface area contributed by atoms with E-state index in [9.17, 15) is 4.79 Å². The van der Waals surface area contributed by atoms with Crippen LogP contribution in [0.5, 0.6) is 0 Å². The molecule has 3 nitrogen and oxygen atoms in total. The fraction of sp³-hybridized carbons (Fsp3) is 0.353. The van der Waals surface area contributed by atoms with E-state index in [2.05, 4.69) is 18.2 Å². The lowest BCUT2D eigenvalue weighted by Gasteiger charge is -2.22. The molecular formula is C17H16O3S. The number of ether oxygens (including phenoxy) is 2. The molecule has 21 heavy (non-hydrogen) atoms. The number of ketones is 1. The second-order valence-electron chi connectivity index (χ2n) is 5.55. The van der Waals surface area contributed by atoms with Crippen LogP contribution in [0.15, 0.2) is 56.8 Å². The average Bonchev–Trinajstić information content (AvgIpc) is 3.02. The van der Waals surface area contributed by atoms with E-state index in [0.29, 0.717) is 0 Å². The number of hydrogen-bond acceptors (Lipinski definition) is 4. The summed E-state index contributed by atoms with van der Waals surface area (Å²) in [5, 5.41) is 0. The van der Waals surface area contributed by atoms with E-state index in [1.807, 2.05) is 6.08 Å². The van der Waals surface area contributed by atoms with Crippen LogP contribution < -0.4 is 0 Å². The van der Waals surface area contributed by atoms with Gasteiger partial charge in [0.05, 0.1) is 14.2 Å². The van der Waals surface area contributed by atoms with Gasteiger partial charge in [-0.1, -0.05) is 11.8 Å². The number of fused-ring (bicyclic) bond motifs is 4. The first-order valence-electron chi connectivity index (χ1n) is 7.11. The van der Waals surface area contributed by atoms with Crippen LogP contribution in [0.25, 0.3) is 0 Å². The van der Waals surface area contributed by atoms with Crippen molar-refractivity contribution in [2.24, 2.45) is 11.8 Å². The number of hydrogen-bond donors (Lipinski definition) is 0. The second-order valence-corrected chi connectivity index (χ2v) is 6.67. The molecule has 0 saturated heterocycles. The zero-order valence-electron chi connectivity index (χ0n) is 12.0. The molecule has 4 heteroatoms. The molecule has 4 rings (SSSR count). The number of allylic oxidation sites excluding steroid dienone is 8. The summed E-state index contributed by atoms with van der Waals surface area (Å²) in [6.07, 6.45) is 9.86. The lowest BCUT2D eigenvalue weighted by molar-refractivity contribution is -0.112. The standard InChI is InChI=1S/C17H16O3S/c1-19-9-3-5-11-13(7-9)16(18)15-12-6-4-10(20-2)8-14(12)21-17(11)15/h3-4,7-8,11-12H,5-6H2,1-2H3. The van der Waals surface area contributed by atoms with E-state index in [1.54, 1.807) is 26.0 Å². The first-order valence-corrected chi connectivity index (χ1v) is 7.92. The van der Waals surface area contributed by atoms with Crippen LogP contribution in [-0.2, 0) is 14.3 Å². The van der Waals surface area contributed by atoms with Crippen molar-refractivity contribution < 1.29 is 14.3 Å². The van der Waals surface area contributed by atoms with Gasteiger partial charge in [0, 0.05) is 32.8 Å². The van der Waals surface area contributed by atoms with E-state index in [4.69, 9.17) is 9.47 Å². The molecule has 0 aromatic carbocycles. The number of thioether (sulfide) groups is 1. The Kier molecular flexibility index (Phi) is 2.89. The molecule has 1 aliphatic heterocycles. The third kappa shape index (κ3) is 1.78.